The normalized spacial score (nSPS) is 33.2. The van der Waals surface area contributed by atoms with E-state index in [4.69, 9.17) is 0 Å². The van der Waals surface area contributed by atoms with E-state index in [2.05, 4.69) is 12.0 Å². The number of aliphatic hydroxyl groups is 1. The summed E-state index contributed by atoms with van der Waals surface area (Å²) < 4.78 is 1.98. The SMILES string of the molecule is CCCn1nccc1C(O)C1CC2CCC1C2. The van der Waals surface area contributed by atoms with Gasteiger partial charge >= 0.3 is 0 Å². The Morgan fingerprint density at radius 1 is 1.47 bits per heavy atom. The lowest BCUT2D eigenvalue weighted by molar-refractivity contribution is 0.0667. The first-order valence-corrected chi connectivity index (χ1v) is 6.99. The second kappa shape index (κ2) is 4.45. The number of hydrogen-bond donors (Lipinski definition) is 1. The first-order valence-electron chi connectivity index (χ1n) is 6.99. The van der Waals surface area contributed by atoms with Gasteiger partial charge in [-0.15, -0.1) is 0 Å². The van der Waals surface area contributed by atoms with Gasteiger partial charge in [0.2, 0.25) is 0 Å². The molecule has 17 heavy (non-hydrogen) atoms. The van der Waals surface area contributed by atoms with Crippen molar-refractivity contribution in [2.45, 2.75) is 51.7 Å². The Hall–Kier alpha value is -0.830. The predicted molar refractivity (Wildman–Crippen MR) is 66.4 cm³/mol. The smallest absolute Gasteiger partial charge is 0.0987 e. The lowest BCUT2D eigenvalue weighted by atomic mass is 9.83. The van der Waals surface area contributed by atoms with E-state index in [1.54, 1.807) is 0 Å². The van der Waals surface area contributed by atoms with Crippen LogP contribution >= 0.6 is 0 Å². The summed E-state index contributed by atoms with van der Waals surface area (Å²) in [5.41, 5.74) is 1.03. The van der Waals surface area contributed by atoms with Gasteiger partial charge in [-0.2, -0.15) is 5.10 Å². The summed E-state index contributed by atoms with van der Waals surface area (Å²) in [5.74, 6) is 2.14. The number of aryl methyl sites for hydroxylation is 1. The third-order valence-electron chi connectivity index (χ3n) is 4.69. The summed E-state index contributed by atoms with van der Waals surface area (Å²) in [6, 6.07) is 1.99. The Labute approximate surface area is 103 Å². The van der Waals surface area contributed by atoms with Gasteiger partial charge in [-0.25, -0.2) is 0 Å². The molecule has 2 bridgehead atoms. The summed E-state index contributed by atoms with van der Waals surface area (Å²) >= 11 is 0. The van der Waals surface area contributed by atoms with Gasteiger partial charge < -0.3 is 5.11 Å². The Morgan fingerprint density at radius 3 is 3.00 bits per heavy atom. The molecule has 0 aromatic carbocycles. The minimum atomic E-state index is -0.292. The molecule has 1 N–H and O–H groups in total. The van der Waals surface area contributed by atoms with Crippen molar-refractivity contribution in [3.8, 4) is 0 Å². The number of hydrogen-bond acceptors (Lipinski definition) is 2. The van der Waals surface area contributed by atoms with Gasteiger partial charge in [0.1, 0.15) is 0 Å². The first kappa shape index (κ1) is 11.3. The quantitative estimate of drug-likeness (QED) is 0.870. The molecule has 4 atom stereocenters. The van der Waals surface area contributed by atoms with Crippen molar-refractivity contribution >= 4 is 0 Å². The van der Waals surface area contributed by atoms with Crippen molar-refractivity contribution in [3.63, 3.8) is 0 Å². The van der Waals surface area contributed by atoms with Gasteiger partial charge in [-0.05, 0) is 49.5 Å². The van der Waals surface area contributed by atoms with E-state index in [-0.39, 0.29) is 6.10 Å². The highest BCUT2D eigenvalue weighted by Gasteiger charge is 2.43. The molecule has 4 unspecified atom stereocenters. The van der Waals surface area contributed by atoms with Crippen LogP contribution in [0.4, 0.5) is 0 Å². The van der Waals surface area contributed by atoms with Gasteiger partial charge in [-0.3, -0.25) is 4.68 Å². The number of aliphatic hydroxyl groups excluding tert-OH is 1. The van der Waals surface area contributed by atoms with E-state index in [0.29, 0.717) is 5.92 Å². The minimum absolute atomic E-state index is 0.292. The molecule has 2 saturated carbocycles. The molecule has 0 aliphatic heterocycles. The van der Waals surface area contributed by atoms with Crippen LogP contribution in [0.1, 0.15) is 50.8 Å². The molecular weight excluding hydrogens is 212 g/mol. The molecule has 0 saturated heterocycles. The molecule has 0 amide bonds. The Kier molecular flexibility index (Phi) is 2.95. The maximum atomic E-state index is 10.6. The van der Waals surface area contributed by atoms with E-state index in [1.807, 2.05) is 16.9 Å². The van der Waals surface area contributed by atoms with Gasteiger partial charge in [0.15, 0.2) is 0 Å². The zero-order valence-electron chi connectivity index (χ0n) is 10.5. The molecule has 0 radical (unpaired) electrons. The fourth-order valence-electron chi connectivity index (χ4n) is 3.89. The highest BCUT2D eigenvalue weighted by Crippen LogP contribution is 2.52. The van der Waals surface area contributed by atoms with Crippen LogP contribution in [-0.4, -0.2) is 14.9 Å². The van der Waals surface area contributed by atoms with E-state index in [0.717, 1.165) is 30.5 Å². The molecule has 0 spiro atoms. The van der Waals surface area contributed by atoms with Crippen LogP contribution in [0, 0.1) is 17.8 Å². The third-order valence-corrected chi connectivity index (χ3v) is 4.69. The number of nitrogens with zero attached hydrogens (tertiary/aromatic N) is 2. The van der Waals surface area contributed by atoms with Gasteiger partial charge in [0, 0.05) is 12.7 Å². The van der Waals surface area contributed by atoms with Crippen LogP contribution < -0.4 is 0 Å². The van der Waals surface area contributed by atoms with Crippen molar-refractivity contribution in [3.05, 3.63) is 18.0 Å². The molecule has 94 valence electrons. The summed E-state index contributed by atoms with van der Waals surface area (Å²) in [7, 11) is 0. The van der Waals surface area contributed by atoms with Gasteiger partial charge in [0.05, 0.1) is 11.8 Å². The first-order chi connectivity index (χ1) is 8.29. The molecule has 3 heteroatoms. The standard InChI is InChI=1S/C14H22N2O/c1-2-7-16-13(5-6-15-16)14(17)12-9-10-3-4-11(12)8-10/h5-6,10-12,14,17H,2-4,7-9H2,1H3. The largest absolute Gasteiger partial charge is 0.387 e. The van der Waals surface area contributed by atoms with Crippen LogP contribution in [0.15, 0.2) is 12.3 Å². The number of aromatic nitrogens is 2. The fraction of sp³-hybridized carbons (Fsp3) is 0.786. The van der Waals surface area contributed by atoms with Crippen molar-refractivity contribution in [2.24, 2.45) is 17.8 Å². The van der Waals surface area contributed by atoms with E-state index >= 15 is 0 Å². The van der Waals surface area contributed by atoms with Crippen molar-refractivity contribution in [1.82, 2.24) is 9.78 Å². The Morgan fingerprint density at radius 2 is 2.35 bits per heavy atom. The van der Waals surface area contributed by atoms with Crippen LogP contribution in [0.3, 0.4) is 0 Å². The molecule has 3 rings (SSSR count). The second-order valence-electron chi connectivity index (χ2n) is 5.76. The number of rotatable bonds is 4. The number of fused-ring (bicyclic) bond motifs is 2. The Balaban J connectivity index is 1.77. The highest BCUT2D eigenvalue weighted by molar-refractivity contribution is 5.09. The van der Waals surface area contributed by atoms with Gasteiger partial charge in [-0.1, -0.05) is 13.3 Å². The average Bonchev–Trinajstić information content (AvgIpc) is 3.03. The zero-order valence-corrected chi connectivity index (χ0v) is 10.5. The maximum absolute atomic E-state index is 10.6. The zero-order chi connectivity index (χ0) is 11.8. The van der Waals surface area contributed by atoms with Crippen LogP contribution in [0.5, 0.6) is 0 Å². The predicted octanol–water partition coefficient (Wildman–Crippen LogP) is 2.76. The molecule has 3 nitrogen and oxygen atoms in total. The topological polar surface area (TPSA) is 38.0 Å². The average molecular weight is 234 g/mol. The van der Waals surface area contributed by atoms with Crippen LogP contribution in [0.2, 0.25) is 0 Å². The molecule has 2 fully saturated rings. The summed E-state index contributed by atoms with van der Waals surface area (Å²) in [4.78, 5) is 0. The third kappa shape index (κ3) is 1.90. The maximum Gasteiger partial charge on any atom is 0.0987 e. The molecule has 1 aromatic rings. The van der Waals surface area contributed by atoms with Crippen LogP contribution in [-0.2, 0) is 6.54 Å². The summed E-state index contributed by atoms with van der Waals surface area (Å²) in [6.07, 6.45) is 7.89. The Bertz CT molecular complexity index is 387. The van der Waals surface area contributed by atoms with Crippen molar-refractivity contribution < 1.29 is 5.11 Å². The lowest BCUT2D eigenvalue weighted by Crippen LogP contribution is -2.22. The van der Waals surface area contributed by atoms with Crippen molar-refractivity contribution in [1.29, 1.82) is 0 Å². The fourth-order valence-corrected chi connectivity index (χ4v) is 3.89. The summed E-state index contributed by atoms with van der Waals surface area (Å²) in [6.45, 7) is 3.07. The summed E-state index contributed by atoms with van der Waals surface area (Å²) in [5, 5.41) is 14.9. The highest BCUT2D eigenvalue weighted by atomic mass is 16.3. The molecule has 2 aliphatic rings. The molecule has 1 aromatic heterocycles. The van der Waals surface area contributed by atoms with Crippen molar-refractivity contribution in [2.75, 3.05) is 0 Å². The monoisotopic (exact) mass is 234 g/mol. The lowest BCUT2D eigenvalue weighted by Gasteiger charge is -2.27. The molecular formula is C14H22N2O. The molecule has 2 aliphatic carbocycles. The molecule has 1 heterocycles. The van der Waals surface area contributed by atoms with Gasteiger partial charge in [0.25, 0.3) is 0 Å². The van der Waals surface area contributed by atoms with E-state index in [1.165, 1.54) is 25.7 Å². The minimum Gasteiger partial charge on any atom is -0.387 e. The van der Waals surface area contributed by atoms with Crippen LogP contribution in [0.25, 0.3) is 0 Å². The van der Waals surface area contributed by atoms with E-state index in [9.17, 15) is 5.11 Å². The second-order valence-corrected chi connectivity index (χ2v) is 5.76. The van der Waals surface area contributed by atoms with E-state index < -0.39 is 0 Å².